The first-order valence-electron chi connectivity index (χ1n) is 29.4. The fraction of sp³-hybridized carbons (Fsp3) is 0. The molecule has 0 fully saturated rings. The van der Waals surface area contributed by atoms with Gasteiger partial charge in [0.2, 0.25) is 5.69 Å². The van der Waals surface area contributed by atoms with Crippen LogP contribution < -0.4 is 0 Å². The molecule has 0 N–H and O–H groups in total. The summed E-state index contributed by atoms with van der Waals surface area (Å²) in [6.45, 7) is 9.50. The number of benzene rings is 12. The summed E-state index contributed by atoms with van der Waals surface area (Å²) in [6.07, 6.45) is 0. The predicted octanol–water partition coefficient (Wildman–Crippen LogP) is 19.8. The number of nitrogens with zero attached hydrogens (tertiary/aromatic N) is 4. The molecule has 0 aliphatic rings. The first-order valence-corrected chi connectivity index (χ1v) is 25.5. The van der Waals surface area contributed by atoms with E-state index in [1.807, 2.05) is 91.0 Å². The van der Waals surface area contributed by atoms with Gasteiger partial charge >= 0.3 is 0 Å². The highest BCUT2D eigenvalue weighted by Crippen LogP contribution is 2.56. The molecule has 16 aromatic rings. The fourth-order valence-corrected chi connectivity index (χ4v) is 14.4. The molecule has 4 aromatic heterocycles. The molecule has 4 nitrogen and oxygen atoms in total. The van der Waals surface area contributed by atoms with Gasteiger partial charge in [0.25, 0.3) is 0 Å². The van der Waals surface area contributed by atoms with Crippen LogP contribution >= 0.6 is 22.7 Å². The Bertz CT molecular complexity index is 5700. The minimum absolute atomic E-state index is 0.0196. The molecule has 0 aliphatic heterocycles. The van der Waals surface area contributed by atoms with E-state index in [1.54, 1.807) is 46.2 Å². The van der Waals surface area contributed by atoms with E-state index in [4.69, 9.17) is 6.85 Å². The van der Waals surface area contributed by atoms with Gasteiger partial charge in [-0.3, -0.25) is 0 Å². The van der Waals surface area contributed by atoms with Gasteiger partial charge in [0, 0.05) is 63.6 Å². The second kappa shape index (κ2) is 15.5. The van der Waals surface area contributed by atoms with Crippen molar-refractivity contribution in [2.24, 2.45) is 0 Å². The number of hydrogen-bond donors (Lipinski definition) is 0. The van der Waals surface area contributed by atoms with Crippen molar-refractivity contribution in [2.75, 3.05) is 0 Å². The van der Waals surface area contributed by atoms with E-state index in [9.17, 15) is 20.1 Å². The van der Waals surface area contributed by atoms with Gasteiger partial charge in [-0.15, -0.1) is 22.7 Å². The Morgan fingerprint density at radius 1 is 0.432 bits per heavy atom. The zero-order valence-electron chi connectivity index (χ0n) is 49.5. The lowest BCUT2D eigenvalue weighted by Gasteiger charge is -2.26. The molecule has 0 aliphatic carbocycles. The first-order chi connectivity index (χ1) is 41.3. The zero-order valence-corrected chi connectivity index (χ0v) is 40.2. The van der Waals surface area contributed by atoms with Crippen molar-refractivity contribution < 1.29 is 15.1 Å². The summed E-state index contributed by atoms with van der Waals surface area (Å²) in [5.41, 5.74) is 4.34. The van der Waals surface area contributed by atoms with Crippen LogP contribution in [0.3, 0.4) is 0 Å². The van der Waals surface area contributed by atoms with Crippen molar-refractivity contribution >= 4 is 134 Å². The maximum atomic E-state index is 12.4. The van der Waals surface area contributed by atoms with E-state index in [0.717, 1.165) is 51.9 Å². The van der Waals surface area contributed by atoms with Crippen molar-refractivity contribution in [2.45, 2.75) is 0 Å². The Balaban J connectivity index is 1.22. The molecule has 0 amide bonds. The third-order valence-electron chi connectivity index (χ3n) is 14.8. The van der Waals surface area contributed by atoms with Crippen LogP contribution in [0.4, 0.5) is 5.69 Å². The molecular weight excluding hydrogens is 937 g/mol. The van der Waals surface area contributed by atoms with Crippen molar-refractivity contribution in [3.63, 3.8) is 0 Å². The quantitative estimate of drug-likeness (QED) is 0.125. The van der Waals surface area contributed by atoms with Gasteiger partial charge in [-0.05, 0) is 61.9 Å². The van der Waals surface area contributed by atoms with Gasteiger partial charge < -0.3 is 9.13 Å². The summed E-state index contributed by atoms with van der Waals surface area (Å²) in [6, 6.07) is 46.4. The number of fused-ring (bicyclic) bond motifs is 14. The highest BCUT2D eigenvalue weighted by Gasteiger charge is 2.33. The van der Waals surface area contributed by atoms with E-state index < -0.39 is 30.2 Å². The lowest BCUT2D eigenvalue weighted by atomic mass is 9.88. The largest absolute Gasteiger partial charge is 0.318 e. The average molecular weight is 984 g/mol. The summed E-state index contributed by atoms with van der Waals surface area (Å²) in [4.78, 5) is 4.44. The maximum absolute atomic E-state index is 12.4. The highest BCUT2D eigenvalue weighted by atomic mass is 32.1. The summed E-state index contributed by atoms with van der Waals surface area (Å²) in [5, 5.41) is 20.0. The molecule has 16 rings (SSSR count). The van der Waals surface area contributed by atoms with Gasteiger partial charge in [-0.2, -0.15) is 5.26 Å². The number of thiophene rings is 2. The second-order valence-electron chi connectivity index (χ2n) is 18.3. The number of rotatable bonds is 5. The molecule has 12 aromatic carbocycles. The lowest BCUT2D eigenvalue weighted by molar-refractivity contribution is 1.14. The van der Waals surface area contributed by atoms with Gasteiger partial charge in [0.1, 0.15) is 6.07 Å². The molecule has 0 saturated heterocycles. The van der Waals surface area contributed by atoms with Crippen LogP contribution in [0, 0.1) is 17.9 Å². The Hall–Kier alpha value is -9.56. The molecule has 0 unspecified atom stereocenters. The number of nitriles is 1. The van der Waals surface area contributed by atoms with Crippen LogP contribution in [-0.4, -0.2) is 9.13 Å². The van der Waals surface area contributed by atoms with Gasteiger partial charge in [-0.25, -0.2) is 4.85 Å². The fourth-order valence-electron chi connectivity index (χ4n) is 11.8. The smallest absolute Gasteiger partial charge is 0.220 e. The van der Waals surface area contributed by atoms with Crippen molar-refractivity contribution in [3.8, 4) is 50.8 Å². The van der Waals surface area contributed by atoms with E-state index in [2.05, 4.69) is 45.8 Å². The van der Waals surface area contributed by atoms with Gasteiger partial charge in [0.15, 0.2) is 0 Å². The normalized spacial score (nSPS) is 14.1. The Kier molecular flexibility index (Phi) is 6.63. The average Bonchev–Trinajstić information content (AvgIpc) is 1.56. The van der Waals surface area contributed by atoms with Crippen molar-refractivity contribution in [3.05, 3.63) is 235 Å². The molecule has 4 heterocycles. The van der Waals surface area contributed by atoms with E-state index in [0.29, 0.717) is 70.5 Å². The molecule has 0 atom stereocenters. The van der Waals surface area contributed by atoms with Crippen LogP contribution in [0.15, 0.2) is 218 Å². The van der Waals surface area contributed by atoms with Crippen LogP contribution in [-0.2, 0) is 0 Å². The monoisotopic (exact) mass is 983 g/mol. The SMILES string of the molecule is [2H]c1c([2H])c([2H])c(-c2cccc3c2sc2c3ccc3c4ccc5c6ccccc6sc5c4n(-c4c(C#N)c(-c5ccccc5)c([N+]#[C-])c(-n5c6c([2H])c([2H])c([2H])c7c8ccccc8c8c([2H])c([2H])c([2H])c5c8c76)c4-c4ccccc4)c32)c([2H])c1[2H]. The topological polar surface area (TPSA) is 38.0 Å². The molecule has 6 heteroatoms. The van der Waals surface area contributed by atoms with Crippen LogP contribution in [0.25, 0.3) is 155 Å². The number of aromatic nitrogens is 2. The highest BCUT2D eigenvalue weighted by molar-refractivity contribution is 7.27. The molecule has 74 heavy (non-hydrogen) atoms. The van der Waals surface area contributed by atoms with Crippen molar-refractivity contribution in [1.29, 1.82) is 5.26 Å². The molecular formula is C68H36N4S2. The zero-order chi connectivity index (χ0) is 58.3. The van der Waals surface area contributed by atoms with Crippen LogP contribution in [0.2, 0.25) is 0 Å². The first kappa shape index (κ1) is 31.7. The van der Waals surface area contributed by atoms with E-state index >= 15 is 0 Å². The van der Waals surface area contributed by atoms with Crippen LogP contribution in [0.5, 0.6) is 0 Å². The minimum Gasteiger partial charge on any atom is -0.318 e. The Morgan fingerprint density at radius 3 is 1.61 bits per heavy atom. The van der Waals surface area contributed by atoms with E-state index in [-0.39, 0.29) is 75.4 Å². The van der Waals surface area contributed by atoms with E-state index in [1.165, 1.54) is 11.3 Å². The Labute approximate surface area is 447 Å². The summed E-state index contributed by atoms with van der Waals surface area (Å²) < 4.78 is 110. The number of hydrogen-bond acceptors (Lipinski definition) is 3. The Morgan fingerprint density at radius 2 is 0.973 bits per heavy atom. The third-order valence-corrected chi connectivity index (χ3v) is 17.2. The molecule has 0 saturated carbocycles. The van der Waals surface area contributed by atoms with Gasteiger partial charge in [-0.1, -0.05) is 200 Å². The van der Waals surface area contributed by atoms with Crippen LogP contribution in [0.1, 0.15) is 20.6 Å². The standard InChI is InChI=1S/C68H36N4S2/c1-70-61-57(40-20-7-3-8-21-40)53(38-69)62(58(41-22-9-4-10-23-41)65(61)71-54-31-16-28-46-43-24-11-12-25-44(43)47-29-17-32-55(71)60(47)59(46)54)72-63-48(34-36-51-45-26-13-14-33-56(45)73-67(51)63)49-35-37-52-50-30-15-27-42(39-18-5-2-6-19-39)66(50)74-68(52)64(49)72/h2-37H/i2D,5D,6D,16D,17D,18D,19D,28D,29D,31D,32D. The predicted molar refractivity (Wildman–Crippen MR) is 314 cm³/mol. The summed E-state index contributed by atoms with van der Waals surface area (Å²) in [7, 11) is 0. The maximum Gasteiger partial charge on any atom is 0.220 e. The summed E-state index contributed by atoms with van der Waals surface area (Å²) >= 11 is 3.01. The third kappa shape index (κ3) is 5.43. The summed E-state index contributed by atoms with van der Waals surface area (Å²) in [5.74, 6) is 0. The molecule has 0 bridgehead atoms. The van der Waals surface area contributed by atoms with Crippen molar-refractivity contribution in [1.82, 2.24) is 9.13 Å². The lowest BCUT2D eigenvalue weighted by Crippen LogP contribution is -2.09. The minimum atomic E-state index is -0.498. The molecule has 0 spiro atoms. The second-order valence-corrected chi connectivity index (χ2v) is 20.4. The van der Waals surface area contributed by atoms with Gasteiger partial charge in [0.05, 0.1) is 70.1 Å². The molecule has 340 valence electrons. The molecule has 0 radical (unpaired) electrons.